The van der Waals surface area contributed by atoms with E-state index in [2.05, 4.69) is 11.1 Å². The van der Waals surface area contributed by atoms with Gasteiger partial charge in [0.25, 0.3) is 5.56 Å². The van der Waals surface area contributed by atoms with Crippen LogP contribution in [0.25, 0.3) is 21.3 Å². The van der Waals surface area contributed by atoms with Crippen LogP contribution in [0.3, 0.4) is 0 Å². The number of nitrogens with two attached hydrogens (primary N) is 1. The number of nitrogen functional groups attached to an aromatic ring is 1. The van der Waals surface area contributed by atoms with Gasteiger partial charge in [-0.05, 0) is 17.2 Å². The predicted molar refractivity (Wildman–Crippen MR) is 110 cm³/mol. The van der Waals surface area contributed by atoms with Crippen molar-refractivity contribution >= 4 is 33.3 Å². The first-order valence-electron chi connectivity index (χ1n) is 8.14. The number of rotatable bonds is 4. The number of hydrogen-bond donors (Lipinski definition) is 1. The Morgan fingerprint density at radius 3 is 2.67 bits per heavy atom. The molecular formula is C20H14N4OS2. The molecule has 0 aliphatic heterocycles. The van der Waals surface area contributed by atoms with Gasteiger partial charge in [0.05, 0.1) is 17.0 Å². The lowest BCUT2D eigenvalue weighted by molar-refractivity contribution is 0.782. The summed E-state index contributed by atoms with van der Waals surface area (Å²) >= 11 is 2.78. The second kappa shape index (κ2) is 7.27. The summed E-state index contributed by atoms with van der Waals surface area (Å²) in [6.45, 7) is 0. The van der Waals surface area contributed by atoms with Crippen molar-refractivity contribution in [3.63, 3.8) is 0 Å². The molecule has 0 fully saturated rings. The zero-order chi connectivity index (χ0) is 18.8. The standard InChI is InChI=1S/C20H14N4OS2/c21-10-14-8-4-5-9-15(14)11-27-20-23-18-17(19(25)24(20)22)16(12-26-18)13-6-2-1-3-7-13/h1-9,12H,11,22H2. The van der Waals surface area contributed by atoms with Gasteiger partial charge in [-0.2, -0.15) is 5.26 Å². The Hall–Kier alpha value is -3.08. The quantitative estimate of drug-likeness (QED) is 0.323. The fourth-order valence-corrected chi connectivity index (χ4v) is 4.72. The van der Waals surface area contributed by atoms with Gasteiger partial charge in [0.15, 0.2) is 5.16 Å². The van der Waals surface area contributed by atoms with Crippen molar-refractivity contribution in [2.45, 2.75) is 10.9 Å². The molecule has 0 saturated carbocycles. The summed E-state index contributed by atoms with van der Waals surface area (Å²) in [6, 6.07) is 19.3. The van der Waals surface area contributed by atoms with Gasteiger partial charge in [0.1, 0.15) is 4.83 Å². The van der Waals surface area contributed by atoms with Crippen LogP contribution in [0.5, 0.6) is 0 Å². The van der Waals surface area contributed by atoms with Crippen molar-refractivity contribution in [3.8, 4) is 17.2 Å². The van der Waals surface area contributed by atoms with Gasteiger partial charge in [-0.1, -0.05) is 60.3 Å². The van der Waals surface area contributed by atoms with E-state index in [0.29, 0.717) is 26.7 Å². The fourth-order valence-electron chi connectivity index (χ4n) is 2.81. The van der Waals surface area contributed by atoms with Crippen LogP contribution in [0.2, 0.25) is 0 Å². The Morgan fingerprint density at radius 2 is 1.89 bits per heavy atom. The van der Waals surface area contributed by atoms with Crippen LogP contribution < -0.4 is 11.4 Å². The van der Waals surface area contributed by atoms with E-state index in [0.717, 1.165) is 21.4 Å². The van der Waals surface area contributed by atoms with Gasteiger partial charge in [-0.15, -0.1) is 11.3 Å². The predicted octanol–water partition coefficient (Wildman–Crippen LogP) is 4.00. The maximum Gasteiger partial charge on any atom is 0.282 e. The van der Waals surface area contributed by atoms with E-state index in [1.807, 2.05) is 53.9 Å². The second-order valence-corrected chi connectivity index (χ2v) is 7.62. The Kier molecular flexibility index (Phi) is 4.67. The SMILES string of the molecule is N#Cc1ccccc1CSc1nc2scc(-c3ccccc3)c2c(=O)n1N. The second-order valence-electron chi connectivity index (χ2n) is 5.82. The molecular weight excluding hydrogens is 376 g/mol. The highest BCUT2D eigenvalue weighted by molar-refractivity contribution is 7.98. The first kappa shape index (κ1) is 17.3. The maximum absolute atomic E-state index is 12.9. The van der Waals surface area contributed by atoms with Crippen LogP contribution in [-0.4, -0.2) is 9.66 Å². The molecule has 2 aromatic heterocycles. The molecule has 7 heteroatoms. The molecule has 0 amide bonds. The van der Waals surface area contributed by atoms with Gasteiger partial charge < -0.3 is 5.84 Å². The van der Waals surface area contributed by atoms with Crippen molar-refractivity contribution < 1.29 is 0 Å². The van der Waals surface area contributed by atoms with Gasteiger partial charge in [-0.3, -0.25) is 4.79 Å². The Morgan fingerprint density at radius 1 is 1.15 bits per heavy atom. The molecule has 0 bridgehead atoms. The zero-order valence-electron chi connectivity index (χ0n) is 14.1. The van der Waals surface area contributed by atoms with E-state index < -0.39 is 0 Å². The lowest BCUT2D eigenvalue weighted by Gasteiger charge is -2.08. The Balaban J connectivity index is 1.73. The van der Waals surface area contributed by atoms with Gasteiger partial charge in [0, 0.05) is 16.7 Å². The van der Waals surface area contributed by atoms with Crippen LogP contribution >= 0.6 is 23.1 Å². The number of aromatic nitrogens is 2. The third-order valence-electron chi connectivity index (χ3n) is 4.19. The van der Waals surface area contributed by atoms with Crippen LogP contribution in [0.4, 0.5) is 0 Å². The van der Waals surface area contributed by atoms with E-state index in [9.17, 15) is 10.1 Å². The number of fused-ring (bicyclic) bond motifs is 1. The van der Waals surface area contributed by atoms with E-state index >= 15 is 0 Å². The minimum Gasteiger partial charge on any atom is -0.334 e. The molecule has 0 unspecified atom stereocenters. The summed E-state index contributed by atoms with van der Waals surface area (Å²) in [7, 11) is 0. The molecule has 4 aromatic rings. The third kappa shape index (κ3) is 3.21. The first-order valence-corrected chi connectivity index (χ1v) is 10.0. The Bertz CT molecular complexity index is 1220. The maximum atomic E-state index is 12.9. The van der Waals surface area contributed by atoms with E-state index in [4.69, 9.17) is 5.84 Å². The van der Waals surface area contributed by atoms with Crippen molar-refractivity contribution in [2.24, 2.45) is 0 Å². The molecule has 5 nitrogen and oxygen atoms in total. The highest BCUT2D eigenvalue weighted by atomic mass is 32.2. The summed E-state index contributed by atoms with van der Waals surface area (Å²) in [4.78, 5) is 18.1. The molecule has 4 rings (SSSR count). The monoisotopic (exact) mass is 390 g/mol. The van der Waals surface area contributed by atoms with Crippen molar-refractivity contribution in [1.82, 2.24) is 9.66 Å². The van der Waals surface area contributed by atoms with Gasteiger partial charge >= 0.3 is 0 Å². The molecule has 0 aliphatic rings. The average Bonchev–Trinajstić information content (AvgIpc) is 3.14. The molecule has 0 saturated heterocycles. The smallest absolute Gasteiger partial charge is 0.282 e. The third-order valence-corrected chi connectivity index (χ3v) is 6.06. The molecule has 2 N–H and O–H groups in total. The van der Waals surface area contributed by atoms with Crippen LogP contribution in [0.15, 0.2) is 69.9 Å². The largest absolute Gasteiger partial charge is 0.334 e. The molecule has 0 atom stereocenters. The van der Waals surface area contributed by atoms with Crippen LogP contribution in [0, 0.1) is 11.3 Å². The number of benzene rings is 2. The summed E-state index contributed by atoms with van der Waals surface area (Å²) in [6.07, 6.45) is 0. The Labute approximate surface area is 163 Å². The van der Waals surface area contributed by atoms with Crippen molar-refractivity contribution in [1.29, 1.82) is 5.26 Å². The molecule has 2 aromatic carbocycles. The normalized spacial score (nSPS) is 10.8. The zero-order valence-corrected chi connectivity index (χ0v) is 15.8. The summed E-state index contributed by atoms with van der Waals surface area (Å²) in [5.74, 6) is 6.56. The van der Waals surface area contributed by atoms with Gasteiger partial charge in [-0.25, -0.2) is 9.66 Å². The lowest BCUT2D eigenvalue weighted by Crippen LogP contribution is -2.29. The average molecular weight is 390 g/mol. The van der Waals surface area contributed by atoms with Crippen molar-refractivity contribution in [2.75, 3.05) is 5.84 Å². The number of thioether (sulfide) groups is 1. The number of thiophene rings is 1. The van der Waals surface area contributed by atoms with E-state index in [1.54, 1.807) is 6.07 Å². The lowest BCUT2D eigenvalue weighted by atomic mass is 10.1. The minimum atomic E-state index is -0.267. The molecule has 0 radical (unpaired) electrons. The van der Waals surface area contributed by atoms with Gasteiger partial charge in [0.2, 0.25) is 0 Å². The van der Waals surface area contributed by atoms with Crippen LogP contribution in [0.1, 0.15) is 11.1 Å². The summed E-state index contributed by atoms with van der Waals surface area (Å²) < 4.78 is 1.10. The molecule has 0 aliphatic carbocycles. The molecule has 27 heavy (non-hydrogen) atoms. The number of nitrogens with zero attached hydrogens (tertiary/aromatic N) is 3. The van der Waals surface area contributed by atoms with E-state index in [1.165, 1.54) is 23.1 Å². The first-order chi connectivity index (χ1) is 13.2. The minimum absolute atomic E-state index is 0.267. The molecule has 2 heterocycles. The highest BCUT2D eigenvalue weighted by Gasteiger charge is 2.16. The summed E-state index contributed by atoms with van der Waals surface area (Å²) in [5.41, 5.74) is 3.04. The summed E-state index contributed by atoms with van der Waals surface area (Å²) in [5, 5.41) is 12.1. The molecule has 132 valence electrons. The topological polar surface area (TPSA) is 84.7 Å². The molecule has 0 spiro atoms. The number of hydrogen-bond acceptors (Lipinski definition) is 6. The highest BCUT2D eigenvalue weighted by Crippen LogP contribution is 2.32. The number of nitriles is 1. The van der Waals surface area contributed by atoms with Crippen molar-refractivity contribution in [3.05, 3.63) is 81.5 Å². The van der Waals surface area contributed by atoms with Crippen LogP contribution in [-0.2, 0) is 5.75 Å². The van der Waals surface area contributed by atoms with E-state index in [-0.39, 0.29) is 5.56 Å². The fraction of sp³-hybridized carbons (Fsp3) is 0.0500.